The first-order valence-electron chi connectivity index (χ1n) is 11.6. The maximum atomic E-state index is 12.7. The van der Waals surface area contributed by atoms with Crippen molar-refractivity contribution < 1.29 is 14.6 Å². The molecule has 2 aliphatic rings. The Bertz CT molecular complexity index is 1010. The van der Waals surface area contributed by atoms with Gasteiger partial charge in [-0.3, -0.25) is 9.69 Å². The maximum Gasteiger partial charge on any atom is 0.259 e. The van der Waals surface area contributed by atoms with Gasteiger partial charge in [0.05, 0.1) is 11.2 Å². The molecule has 0 saturated carbocycles. The van der Waals surface area contributed by atoms with Crippen LogP contribution in [0.3, 0.4) is 0 Å². The van der Waals surface area contributed by atoms with Gasteiger partial charge < -0.3 is 20.9 Å². The van der Waals surface area contributed by atoms with E-state index in [2.05, 4.69) is 46.0 Å². The third-order valence-corrected chi connectivity index (χ3v) is 6.81. The van der Waals surface area contributed by atoms with Crippen molar-refractivity contribution in [1.82, 2.24) is 15.2 Å². The summed E-state index contributed by atoms with van der Waals surface area (Å²) in [5.41, 5.74) is 8.31. The Balaban J connectivity index is 1.45. The summed E-state index contributed by atoms with van der Waals surface area (Å²) in [5, 5.41) is 12.6. The average molecular weight is 451 g/mol. The fourth-order valence-electron chi connectivity index (χ4n) is 4.56. The highest BCUT2D eigenvalue weighted by molar-refractivity contribution is 6.00. The molecule has 0 spiro atoms. The number of pyridine rings is 1. The van der Waals surface area contributed by atoms with Gasteiger partial charge in [-0.1, -0.05) is 30.8 Å². The number of benzene rings is 1. The van der Waals surface area contributed by atoms with E-state index < -0.39 is 11.5 Å². The van der Waals surface area contributed by atoms with Gasteiger partial charge >= 0.3 is 0 Å². The van der Waals surface area contributed by atoms with E-state index in [1.165, 1.54) is 12.0 Å². The minimum absolute atomic E-state index is 0.135. The van der Waals surface area contributed by atoms with E-state index in [0.29, 0.717) is 12.0 Å². The first-order chi connectivity index (χ1) is 15.7. The molecule has 2 fully saturated rings. The van der Waals surface area contributed by atoms with Gasteiger partial charge in [-0.2, -0.15) is 0 Å². The largest absolute Gasteiger partial charge is 0.384 e. The lowest BCUT2D eigenvalue weighted by molar-refractivity contribution is 0.0419. The van der Waals surface area contributed by atoms with Crippen LogP contribution in [0.5, 0.6) is 0 Å². The van der Waals surface area contributed by atoms with Gasteiger partial charge in [-0.05, 0) is 62.8 Å². The molecule has 4 rings (SSSR count). The summed E-state index contributed by atoms with van der Waals surface area (Å²) >= 11 is 0. The molecule has 1 amide bonds. The van der Waals surface area contributed by atoms with Crippen LogP contribution < -0.4 is 11.1 Å². The maximum absolute atomic E-state index is 12.7. The first-order valence-corrected chi connectivity index (χ1v) is 11.6. The van der Waals surface area contributed by atoms with Crippen LogP contribution in [-0.2, 0) is 4.74 Å². The van der Waals surface area contributed by atoms with E-state index in [9.17, 15) is 9.90 Å². The van der Waals surface area contributed by atoms with Crippen LogP contribution in [0.2, 0.25) is 0 Å². The highest BCUT2D eigenvalue weighted by Gasteiger charge is 2.30. The number of aromatic nitrogens is 1. The molecule has 0 aliphatic carbocycles. The van der Waals surface area contributed by atoms with Crippen LogP contribution in [-0.4, -0.2) is 58.8 Å². The van der Waals surface area contributed by atoms with Crippen molar-refractivity contribution >= 4 is 11.7 Å². The summed E-state index contributed by atoms with van der Waals surface area (Å²) in [6.07, 6.45) is 5.12. The molecule has 33 heavy (non-hydrogen) atoms. The molecule has 3 heterocycles. The third kappa shape index (κ3) is 5.43. The summed E-state index contributed by atoms with van der Waals surface area (Å²) in [5.74, 6) is 0.237. The molecule has 2 aromatic rings. The number of nitrogens with zero attached hydrogens (tertiary/aromatic N) is 2. The van der Waals surface area contributed by atoms with Crippen molar-refractivity contribution in [3.05, 3.63) is 59.9 Å². The molecular formula is C26H34N4O3. The lowest BCUT2D eigenvalue weighted by Crippen LogP contribution is -2.37. The highest BCUT2D eigenvalue weighted by atomic mass is 16.5. The van der Waals surface area contributed by atoms with E-state index in [4.69, 9.17) is 10.5 Å². The lowest BCUT2D eigenvalue weighted by Gasteiger charge is -2.31. The summed E-state index contributed by atoms with van der Waals surface area (Å²) in [4.78, 5) is 19.5. The molecule has 1 aromatic carbocycles. The monoisotopic (exact) mass is 450 g/mol. The van der Waals surface area contributed by atoms with Crippen LogP contribution >= 0.6 is 0 Å². The number of ether oxygens (including phenoxy) is 1. The van der Waals surface area contributed by atoms with Crippen LogP contribution in [0.1, 0.15) is 54.9 Å². The van der Waals surface area contributed by atoms with Crippen molar-refractivity contribution in [3.63, 3.8) is 0 Å². The Hall–Kier alpha value is -2.74. The standard InChI is InChI=1S/C26H34N4O3/c1-17(26(2,3)32)29-25(31)23-14-21(15-28-24(23)27)19-6-4-18(5-7-19)20-8-11-30(16-20)22-9-12-33-13-10-22/h4-7,14-15,20,22,32H,1,8-13,16H2,2-3H3,(H2,27,28)(H,29,31). The quantitative estimate of drug-likeness (QED) is 0.624. The molecule has 1 unspecified atom stereocenters. The van der Waals surface area contributed by atoms with Gasteiger partial charge in [-0.15, -0.1) is 0 Å². The van der Waals surface area contributed by atoms with Crippen LogP contribution in [0.15, 0.2) is 48.8 Å². The number of aliphatic hydroxyl groups is 1. The number of carbonyl (C=O) groups excluding carboxylic acids is 1. The number of rotatable bonds is 6. The molecule has 7 nitrogen and oxygen atoms in total. The second-order valence-electron chi connectivity index (χ2n) is 9.59. The second-order valence-corrected chi connectivity index (χ2v) is 9.59. The molecule has 4 N–H and O–H groups in total. The average Bonchev–Trinajstić information content (AvgIpc) is 3.30. The number of nitrogen functional groups attached to an aromatic ring is 1. The Morgan fingerprint density at radius 1 is 1.21 bits per heavy atom. The van der Waals surface area contributed by atoms with E-state index in [-0.39, 0.29) is 17.1 Å². The number of hydrogen-bond acceptors (Lipinski definition) is 6. The number of amides is 1. The van der Waals surface area contributed by atoms with Crippen LogP contribution in [0, 0.1) is 0 Å². The number of likely N-dealkylation sites (tertiary alicyclic amines) is 1. The Morgan fingerprint density at radius 3 is 2.58 bits per heavy atom. The van der Waals surface area contributed by atoms with E-state index in [1.807, 2.05) is 0 Å². The number of anilines is 1. The van der Waals surface area contributed by atoms with Crippen molar-refractivity contribution in [2.45, 2.75) is 50.7 Å². The van der Waals surface area contributed by atoms with Crippen molar-refractivity contribution in [1.29, 1.82) is 0 Å². The van der Waals surface area contributed by atoms with Gasteiger partial charge in [0, 0.05) is 43.3 Å². The van der Waals surface area contributed by atoms with Crippen molar-refractivity contribution in [3.8, 4) is 11.1 Å². The zero-order valence-electron chi connectivity index (χ0n) is 19.5. The predicted octanol–water partition coefficient (Wildman–Crippen LogP) is 3.31. The number of hydrogen-bond donors (Lipinski definition) is 3. The van der Waals surface area contributed by atoms with Gasteiger partial charge in [-0.25, -0.2) is 4.98 Å². The number of nitrogens with two attached hydrogens (primary N) is 1. The first kappa shape index (κ1) is 23.4. The Labute approximate surface area is 195 Å². The lowest BCUT2D eigenvalue weighted by atomic mass is 9.95. The molecule has 2 saturated heterocycles. The smallest absolute Gasteiger partial charge is 0.259 e. The summed E-state index contributed by atoms with van der Waals surface area (Å²) in [6.45, 7) is 10.8. The van der Waals surface area contributed by atoms with Gasteiger partial charge in [0.2, 0.25) is 0 Å². The van der Waals surface area contributed by atoms with Crippen LogP contribution in [0.4, 0.5) is 5.82 Å². The summed E-state index contributed by atoms with van der Waals surface area (Å²) in [6, 6.07) is 10.9. The van der Waals surface area contributed by atoms with Crippen molar-refractivity contribution in [2.75, 3.05) is 32.0 Å². The fraction of sp³-hybridized carbons (Fsp3) is 0.462. The van der Waals surface area contributed by atoms with E-state index >= 15 is 0 Å². The molecule has 0 radical (unpaired) electrons. The highest BCUT2D eigenvalue weighted by Crippen LogP contribution is 2.32. The number of carbonyl (C=O) groups is 1. The minimum atomic E-state index is -1.23. The summed E-state index contributed by atoms with van der Waals surface area (Å²) < 4.78 is 5.51. The topological polar surface area (TPSA) is 101 Å². The van der Waals surface area contributed by atoms with Gasteiger partial charge in [0.1, 0.15) is 5.82 Å². The molecule has 176 valence electrons. The minimum Gasteiger partial charge on any atom is -0.384 e. The second kappa shape index (κ2) is 9.63. The zero-order chi connectivity index (χ0) is 23.6. The SMILES string of the molecule is C=C(NC(=O)c1cc(-c2ccc(C3CCN(C4CCOCC4)C3)cc2)cnc1N)C(C)(C)O. The molecule has 2 aliphatic heterocycles. The third-order valence-electron chi connectivity index (χ3n) is 6.81. The van der Waals surface area contributed by atoms with Crippen LogP contribution in [0.25, 0.3) is 11.1 Å². The molecule has 7 heteroatoms. The molecular weight excluding hydrogens is 416 g/mol. The molecule has 1 atom stereocenters. The normalized spacial score (nSPS) is 20.0. The molecule has 1 aromatic heterocycles. The van der Waals surface area contributed by atoms with E-state index in [1.54, 1.807) is 26.1 Å². The van der Waals surface area contributed by atoms with Gasteiger partial charge in [0.15, 0.2) is 0 Å². The predicted molar refractivity (Wildman–Crippen MR) is 130 cm³/mol. The zero-order valence-corrected chi connectivity index (χ0v) is 19.5. The Kier molecular flexibility index (Phi) is 6.83. The fourth-order valence-corrected chi connectivity index (χ4v) is 4.56. The van der Waals surface area contributed by atoms with E-state index in [0.717, 1.165) is 50.3 Å². The molecule has 0 bridgehead atoms. The van der Waals surface area contributed by atoms with Crippen molar-refractivity contribution in [2.24, 2.45) is 0 Å². The Morgan fingerprint density at radius 2 is 1.91 bits per heavy atom. The van der Waals surface area contributed by atoms with Gasteiger partial charge in [0.25, 0.3) is 5.91 Å². The number of nitrogens with one attached hydrogen (secondary N) is 1. The summed E-state index contributed by atoms with van der Waals surface area (Å²) in [7, 11) is 0.